The molecule has 1 atom stereocenters. The van der Waals surface area contributed by atoms with E-state index in [0.29, 0.717) is 19.3 Å². The molecule has 2 aromatic rings. The van der Waals surface area contributed by atoms with Gasteiger partial charge in [0, 0.05) is 12.2 Å². The molecule has 1 heterocycles. The summed E-state index contributed by atoms with van der Waals surface area (Å²) in [6.45, 7) is 0.282. The third kappa shape index (κ3) is 3.66. The van der Waals surface area contributed by atoms with E-state index in [1.165, 1.54) is 41.3 Å². The lowest BCUT2D eigenvalue weighted by molar-refractivity contribution is -0.139. The summed E-state index contributed by atoms with van der Waals surface area (Å²) in [4.78, 5) is 1.47. The van der Waals surface area contributed by atoms with Crippen molar-refractivity contribution in [1.29, 1.82) is 0 Å². The van der Waals surface area contributed by atoms with E-state index in [4.69, 9.17) is 0 Å². The highest BCUT2D eigenvalue weighted by atomic mass is 19.4. The van der Waals surface area contributed by atoms with Crippen LogP contribution in [0.1, 0.15) is 42.0 Å². The average molecular weight is 373 g/mol. The van der Waals surface area contributed by atoms with Gasteiger partial charge in [-0.2, -0.15) is 26.3 Å². The highest BCUT2D eigenvalue weighted by Gasteiger charge is 2.40. The second-order valence-corrected chi connectivity index (χ2v) is 6.30. The van der Waals surface area contributed by atoms with Gasteiger partial charge in [0.1, 0.15) is 0 Å². The molecule has 0 bridgehead atoms. The Morgan fingerprint density at radius 1 is 0.731 bits per heavy atom. The van der Waals surface area contributed by atoms with E-state index >= 15 is 0 Å². The fourth-order valence-corrected chi connectivity index (χ4v) is 3.55. The Morgan fingerprint density at radius 2 is 1.31 bits per heavy atom. The number of halogens is 6. The molecule has 0 aliphatic carbocycles. The third-order valence-electron chi connectivity index (χ3n) is 4.65. The first-order valence-corrected chi connectivity index (χ1v) is 8.28. The molecule has 2 aromatic carbocycles. The summed E-state index contributed by atoms with van der Waals surface area (Å²) in [7, 11) is 0. The molecule has 1 nitrogen and oxygen atoms in total. The Labute approximate surface area is 147 Å². The lowest BCUT2D eigenvalue weighted by Gasteiger charge is -2.40. The summed E-state index contributed by atoms with van der Waals surface area (Å²) in [5.41, 5.74) is -1.66. The molecule has 0 amide bonds. The van der Waals surface area contributed by atoms with Crippen molar-refractivity contribution in [2.24, 2.45) is 0 Å². The first kappa shape index (κ1) is 18.6. The minimum Gasteiger partial charge on any atom is -0.364 e. The third-order valence-corrected chi connectivity index (χ3v) is 4.65. The van der Waals surface area contributed by atoms with Crippen LogP contribution in [0.25, 0.3) is 0 Å². The maximum Gasteiger partial charge on any atom is 0.418 e. The van der Waals surface area contributed by atoms with Crippen molar-refractivity contribution in [3.05, 3.63) is 65.2 Å². The standard InChI is InChI=1S/C19H17F6N/c20-18(21,22)14-8-2-1-7-13(14)16-10-5-6-12-26(16)17-11-4-3-9-15(17)19(23,24)25/h1-4,7-9,11,16H,5-6,10,12H2. The van der Waals surface area contributed by atoms with Gasteiger partial charge < -0.3 is 4.90 Å². The largest absolute Gasteiger partial charge is 0.418 e. The van der Waals surface area contributed by atoms with Gasteiger partial charge in [-0.15, -0.1) is 0 Å². The quantitative estimate of drug-likeness (QED) is 0.547. The Hall–Kier alpha value is -2.18. The molecule has 1 aliphatic heterocycles. The summed E-state index contributed by atoms with van der Waals surface area (Å²) in [5.74, 6) is 0. The van der Waals surface area contributed by atoms with Gasteiger partial charge in [-0.3, -0.25) is 0 Å². The van der Waals surface area contributed by atoms with Crippen LogP contribution in [0.3, 0.4) is 0 Å². The summed E-state index contributed by atoms with van der Waals surface area (Å²) in [5, 5.41) is 0. The number of benzene rings is 2. The van der Waals surface area contributed by atoms with Gasteiger partial charge >= 0.3 is 12.4 Å². The monoisotopic (exact) mass is 373 g/mol. The van der Waals surface area contributed by atoms with E-state index in [0.717, 1.165) is 12.1 Å². The second-order valence-electron chi connectivity index (χ2n) is 6.30. The van der Waals surface area contributed by atoms with Gasteiger partial charge in [0.25, 0.3) is 0 Å². The molecule has 0 aromatic heterocycles. The van der Waals surface area contributed by atoms with Gasteiger partial charge in [-0.1, -0.05) is 30.3 Å². The first-order valence-electron chi connectivity index (χ1n) is 8.28. The molecule has 7 heteroatoms. The van der Waals surface area contributed by atoms with Gasteiger partial charge in [0.05, 0.1) is 17.2 Å². The highest BCUT2D eigenvalue weighted by molar-refractivity contribution is 5.57. The van der Waals surface area contributed by atoms with Crippen molar-refractivity contribution in [2.75, 3.05) is 11.4 Å². The number of para-hydroxylation sites is 1. The molecule has 0 spiro atoms. The summed E-state index contributed by atoms with van der Waals surface area (Å²) < 4.78 is 80.4. The van der Waals surface area contributed by atoms with E-state index < -0.39 is 29.5 Å². The maximum atomic E-state index is 13.4. The van der Waals surface area contributed by atoms with Crippen molar-refractivity contribution in [3.8, 4) is 0 Å². The van der Waals surface area contributed by atoms with Crippen LogP contribution in [-0.4, -0.2) is 6.54 Å². The topological polar surface area (TPSA) is 3.24 Å². The molecule has 1 saturated heterocycles. The highest BCUT2D eigenvalue weighted by Crippen LogP contribution is 2.44. The summed E-state index contributed by atoms with van der Waals surface area (Å²) >= 11 is 0. The number of rotatable bonds is 2. The number of hydrogen-bond donors (Lipinski definition) is 0. The van der Waals surface area contributed by atoms with Crippen molar-refractivity contribution in [1.82, 2.24) is 0 Å². The SMILES string of the molecule is FC(F)(F)c1ccccc1C1CCCCN1c1ccccc1C(F)(F)F. The molecular weight excluding hydrogens is 356 g/mol. The van der Waals surface area contributed by atoms with Crippen molar-refractivity contribution in [3.63, 3.8) is 0 Å². The van der Waals surface area contributed by atoms with Gasteiger partial charge in [0.15, 0.2) is 0 Å². The van der Waals surface area contributed by atoms with Crippen LogP contribution in [0.5, 0.6) is 0 Å². The van der Waals surface area contributed by atoms with Crippen molar-refractivity contribution in [2.45, 2.75) is 37.7 Å². The number of alkyl halides is 6. The Bertz CT molecular complexity index is 700. The van der Waals surface area contributed by atoms with Crippen LogP contribution in [0.2, 0.25) is 0 Å². The number of piperidine rings is 1. The molecular formula is C19H17F6N. The van der Waals surface area contributed by atoms with Gasteiger partial charge in [0.2, 0.25) is 0 Å². The zero-order valence-corrected chi connectivity index (χ0v) is 13.7. The van der Waals surface area contributed by atoms with Crippen LogP contribution in [0, 0.1) is 0 Å². The molecule has 0 saturated carbocycles. The van der Waals surface area contributed by atoms with E-state index in [1.54, 1.807) is 0 Å². The van der Waals surface area contributed by atoms with E-state index in [1.807, 2.05) is 0 Å². The van der Waals surface area contributed by atoms with Crippen LogP contribution >= 0.6 is 0 Å². The Kier molecular flexibility index (Phi) is 4.90. The van der Waals surface area contributed by atoms with Crippen molar-refractivity contribution >= 4 is 5.69 Å². The molecule has 1 unspecified atom stereocenters. The minimum atomic E-state index is -4.57. The smallest absolute Gasteiger partial charge is 0.364 e. The molecule has 0 radical (unpaired) electrons. The van der Waals surface area contributed by atoms with Gasteiger partial charge in [-0.05, 0) is 43.0 Å². The zero-order chi connectivity index (χ0) is 18.9. The number of anilines is 1. The van der Waals surface area contributed by atoms with Crippen LogP contribution in [0.4, 0.5) is 32.0 Å². The molecule has 26 heavy (non-hydrogen) atoms. The summed E-state index contributed by atoms with van der Waals surface area (Å²) in [6.07, 6.45) is -7.44. The van der Waals surface area contributed by atoms with Crippen LogP contribution in [0.15, 0.2) is 48.5 Å². The van der Waals surface area contributed by atoms with E-state index in [9.17, 15) is 26.3 Å². The lowest BCUT2D eigenvalue weighted by atomic mass is 9.90. The Morgan fingerprint density at radius 3 is 1.96 bits per heavy atom. The fraction of sp³-hybridized carbons (Fsp3) is 0.368. The molecule has 140 valence electrons. The summed E-state index contributed by atoms with van der Waals surface area (Å²) in [6, 6.07) is 9.45. The van der Waals surface area contributed by atoms with Crippen LogP contribution < -0.4 is 4.90 Å². The molecule has 0 N–H and O–H groups in total. The fourth-order valence-electron chi connectivity index (χ4n) is 3.55. The van der Waals surface area contributed by atoms with E-state index in [-0.39, 0.29) is 17.8 Å². The maximum absolute atomic E-state index is 13.4. The van der Waals surface area contributed by atoms with Crippen molar-refractivity contribution < 1.29 is 26.3 Å². The Balaban J connectivity index is 2.10. The predicted molar refractivity (Wildman–Crippen MR) is 86.8 cm³/mol. The number of hydrogen-bond acceptors (Lipinski definition) is 1. The molecule has 1 fully saturated rings. The first-order chi connectivity index (χ1) is 12.2. The van der Waals surface area contributed by atoms with E-state index in [2.05, 4.69) is 0 Å². The normalized spacial score (nSPS) is 18.8. The molecule has 1 aliphatic rings. The average Bonchev–Trinajstić information content (AvgIpc) is 2.60. The minimum absolute atomic E-state index is 0.0247. The number of nitrogens with zero attached hydrogens (tertiary/aromatic N) is 1. The second kappa shape index (κ2) is 6.85. The lowest BCUT2D eigenvalue weighted by Crippen LogP contribution is -2.35. The molecule has 3 rings (SSSR count). The van der Waals surface area contributed by atoms with Crippen LogP contribution in [-0.2, 0) is 12.4 Å². The van der Waals surface area contributed by atoms with Gasteiger partial charge in [-0.25, -0.2) is 0 Å². The predicted octanol–water partition coefficient (Wildman–Crippen LogP) is 6.46. The zero-order valence-electron chi connectivity index (χ0n) is 13.7.